The van der Waals surface area contributed by atoms with Crippen molar-refractivity contribution in [2.24, 2.45) is 0 Å². The minimum absolute atomic E-state index is 0.0184. The molecule has 0 aliphatic carbocycles. The van der Waals surface area contributed by atoms with Gasteiger partial charge in [-0.25, -0.2) is 4.98 Å². The molecule has 1 heterocycles. The number of pyridine rings is 1. The van der Waals surface area contributed by atoms with Crippen LogP contribution >= 0.6 is 0 Å². The van der Waals surface area contributed by atoms with Crippen LogP contribution in [0.25, 0.3) is 10.8 Å². The molecule has 0 aliphatic heterocycles. The van der Waals surface area contributed by atoms with Crippen molar-refractivity contribution in [2.45, 2.75) is 31.9 Å². The molecule has 1 aromatic heterocycles. The number of aromatic nitrogens is 1. The van der Waals surface area contributed by atoms with Crippen LogP contribution in [0.4, 0.5) is 14.6 Å². The highest BCUT2D eigenvalue weighted by Gasteiger charge is 2.18. The lowest BCUT2D eigenvalue weighted by atomic mass is 9.91. The van der Waals surface area contributed by atoms with E-state index in [4.69, 9.17) is 0 Å². The van der Waals surface area contributed by atoms with Crippen molar-refractivity contribution in [1.82, 2.24) is 4.98 Å². The molecule has 3 aromatic rings. The van der Waals surface area contributed by atoms with Gasteiger partial charge >= 0.3 is 6.61 Å². The highest BCUT2D eigenvalue weighted by atomic mass is 19.3. The van der Waals surface area contributed by atoms with Crippen LogP contribution in [-0.4, -0.2) is 46.8 Å². The van der Waals surface area contributed by atoms with Crippen LogP contribution in [0.1, 0.15) is 35.2 Å². The zero-order valence-corrected chi connectivity index (χ0v) is 17.0. The maximum atomic E-state index is 12.9. The van der Waals surface area contributed by atoms with E-state index in [0.717, 1.165) is 10.8 Å². The second kappa shape index (κ2) is 10.3. The lowest BCUT2D eigenvalue weighted by molar-refractivity contribution is -0.0498. The molecule has 0 saturated carbocycles. The van der Waals surface area contributed by atoms with Gasteiger partial charge in [-0.3, -0.25) is 4.79 Å². The third-order valence-corrected chi connectivity index (χ3v) is 4.94. The fourth-order valence-corrected chi connectivity index (χ4v) is 3.24. The van der Waals surface area contributed by atoms with Crippen molar-refractivity contribution in [3.63, 3.8) is 0 Å². The summed E-state index contributed by atoms with van der Waals surface area (Å²) in [6.07, 6.45) is 1.75. The number of hydrogen-bond donors (Lipinski definition) is 3. The molecule has 0 unspecified atom stereocenters. The van der Waals surface area contributed by atoms with Crippen molar-refractivity contribution in [3.05, 3.63) is 65.9 Å². The smallest absolute Gasteiger partial charge is 0.387 e. The minimum Gasteiger partial charge on any atom is -0.435 e. The highest BCUT2D eigenvalue weighted by molar-refractivity contribution is 6.00. The van der Waals surface area contributed by atoms with E-state index < -0.39 is 12.5 Å². The molecule has 0 saturated heterocycles. The Kier molecular flexibility index (Phi) is 7.49. The summed E-state index contributed by atoms with van der Waals surface area (Å²) < 4.78 is 28.9. The van der Waals surface area contributed by atoms with E-state index in [1.54, 1.807) is 36.5 Å². The first kappa shape index (κ1) is 22.6. The zero-order valence-electron chi connectivity index (χ0n) is 17.0. The molecule has 0 amide bonds. The number of carbonyl (C=O) groups is 1. The molecule has 2 aromatic carbocycles. The first-order chi connectivity index (χ1) is 14.9. The van der Waals surface area contributed by atoms with E-state index in [9.17, 15) is 23.8 Å². The van der Waals surface area contributed by atoms with Crippen LogP contribution in [0.3, 0.4) is 0 Å². The fraction of sp³-hybridized carbons (Fsp3) is 0.304. The van der Waals surface area contributed by atoms with E-state index in [-0.39, 0.29) is 37.2 Å². The van der Waals surface area contributed by atoms with E-state index >= 15 is 0 Å². The van der Waals surface area contributed by atoms with E-state index in [1.807, 2.05) is 13.0 Å². The molecular weight excluding hydrogens is 406 g/mol. The molecule has 31 heavy (non-hydrogen) atoms. The molecule has 0 bridgehead atoms. The van der Waals surface area contributed by atoms with Crippen LogP contribution in [0.5, 0.6) is 5.75 Å². The van der Waals surface area contributed by atoms with Gasteiger partial charge in [0.25, 0.3) is 0 Å². The van der Waals surface area contributed by atoms with Gasteiger partial charge in [-0.15, -0.1) is 0 Å². The molecule has 2 atom stereocenters. The van der Waals surface area contributed by atoms with Gasteiger partial charge in [0.05, 0.1) is 13.2 Å². The van der Waals surface area contributed by atoms with Gasteiger partial charge in [0.2, 0.25) is 0 Å². The first-order valence-corrected chi connectivity index (χ1v) is 9.85. The lowest BCUT2D eigenvalue weighted by Crippen LogP contribution is -2.19. The number of nitrogens with one attached hydrogen (secondary N) is 1. The second-order valence-electron chi connectivity index (χ2n) is 7.31. The maximum absolute atomic E-state index is 12.9. The Bertz CT molecular complexity index is 1030. The Hall–Kier alpha value is -3.10. The Balaban J connectivity index is 1.75. The molecule has 3 rings (SSSR count). The number of rotatable bonds is 10. The fourth-order valence-electron chi connectivity index (χ4n) is 3.24. The minimum atomic E-state index is -2.91. The Morgan fingerprint density at radius 3 is 2.45 bits per heavy atom. The summed E-state index contributed by atoms with van der Waals surface area (Å²) in [5.41, 5.74) is 1.16. The number of aliphatic hydroxyl groups excluding tert-OH is 2. The molecule has 0 spiro atoms. The van der Waals surface area contributed by atoms with Gasteiger partial charge in [0, 0.05) is 35.5 Å². The van der Waals surface area contributed by atoms with Gasteiger partial charge in [0.1, 0.15) is 11.6 Å². The van der Waals surface area contributed by atoms with E-state index in [0.29, 0.717) is 16.9 Å². The normalized spacial score (nSPS) is 13.2. The summed E-state index contributed by atoms with van der Waals surface area (Å²) in [4.78, 5) is 17.2. The number of aliphatic hydroxyl groups is 2. The molecule has 0 fully saturated rings. The summed E-state index contributed by atoms with van der Waals surface area (Å²) in [5, 5.41) is 23.7. The van der Waals surface area contributed by atoms with Crippen LogP contribution in [0, 0.1) is 0 Å². The number of ether oxygens (including phenoxy) is 1. The van der Waals surface area contributed by atoms with Crippen LogP contribution < -0.4 is 10.1 Å². The molecule has 0 radical (unpaired) electrons. The predicted molar refractivity (Wildman–Crippen MR) is 114 cm³/mol. The maximum Gasteiger partial charge on any atom is 0.387 e. The van der Waals surface area contributed by atoms with E-state index in [2.05, 4.69) is 15.0 Å². The molecule has 164 valence electrons. The van der Waals surface area contributed by atoms with Crippen LogP contribution in [-0.2, 0) is 0 Å². The van der Waals surface area contributed by atoms with Gasteiger partial charge in [0.15, 0.2) is 5.78 Å². The van der Waals surface area contributed by atoms with Crippen molar-refractivity contribution in [1.29, 1.82) is 0 Å². The van der Waals surface area contributed by atoms with Gasteiger partial charge in [-0.1, -0.05) is 24.3 Å². The summed E-state index contributed by atoms with van der Waals surface area (Å²) >= 11 is 0. The number of fused-ring (bicyclic) bond motifs is 1. The van der Waals surface area contributed by atoms with Crippen molar-refractivity contribution >= 4 is 22.4 Å². The Labute approximate surface area is 178 Å². The average molecular weight is 430 g/mol. The molecule has 8 heteroatoms. The van der Waals surface area contributed by atoms with E-state index in [1.165, 1.54) is 12.1 Å². The number of benzene rings is 2. The average Bonchev–Trinajstić information content (AvgIpc) is 2.77. The monoisotopic (exact) mass is 430 g/mol. The Morgan fingerprint density at radius 1 is 1.06 bits per heavy atom. The van der Waals surface area contributed by atoms with Crippen LogP contribution in [0.2, 0.25) is 0 Å². The second-order valence-corrected chi connectivity index (χ2v) is 7.31. The number of alkyl halides is 2. The van der Waals surface area contributed by atoms with Crippen LogP contribution in [0.15, 0.2) is 54.7 Å². The number of carbonyl (C=O) groups excluding carboxylic acids is 1. The molecule has 3 N–H and O–H groups in total. The zero-order chi connectivity index (χ0) is 22.4. The highest BCUT2D eigenvalue weighted by Crippen LogP contribution is 2.26. The number of Topliss-reactive ketones (excluding diaryl/α,β-unsaturated/α-hetero) is 1. The number of ketones is 1. The number of hydrogen-bond acceptors (Lipinski definition) is 6. The van der Waals surface area contributed by atoms with Crippen molar-refractivity contribution in [3.8, 4) is 5.75 Å². The van der Waals surface area contributed by atoms with Gasteiger partial charge < -0.3 is 20.3 Å². The first-order valence-electron chi connectivity index (χ1n) is 9.85. The quantitative estimate of drug-likeness (QED) is 0.422. The third kappa shape index (κ3) is 5.96. The summed E-state index contributed by atoms with van der Waals surface area (Å²) in [6, 6.07) is 12.8. The SMILES string of the molecule is C[C@@H](CO)Nc1cc2cc(C(=O)C[C@H](CO)c3ccc(OC(F)F)cc3)ccc2cn1. The molecule has 0 aliphatic rings. The summed E-state index contributed by atoms with van der Waals surface area (Å²) in [6.45, 7) is -1.37. The predicted octanol–water partition coefficient (Wildman–Crippen LogP) is 3.98. The number of halogens is 2. The van der Waals surface area contributed by atoms with Gasteiger partial charge in [-0.05, 0) is 42.1 Å². The van der Waals surface area contributed by atoms with Gasteiger partial charge in [-0.2, -0.15) is 8.78 Å². The summed E-state index contributed by atoms with van der Waals surface area (Å²) in [5.74, 6) is -0.00408. The molecular formula is C23H24F2N2O4. The number of nitrogens with zero attached hydrogens (tertiary/aromatic N) is 1. The molecule has 6 nitrogen and oxygen atoms in total. The number of anilines is 1. The standard InChI is InChI=1S/C23H24F2N2O4/c1-14(12-28)27-22-10-18-8-16(2-3-17(18)11-26-22)21(30)9-19(13-29)15-4-6-20(7-5-15)31-23(24)25/h2-8,10-11,14,19,23,28-29H,9,12-13H2,1H3,(H,26,27)/t14-,19+/m0/s1. The van der Waals surface area contributed by atoms with Crippen molar-refractivity contribution < 1.29 is 28.5 Å². The largest absolute Gasteiger partial charge is 0.435 e. The topological polar surface area (TPSA) is 91.7 Å². The lowest BCUT2D eigenvalue weighted by Gasteiger charge is -2.15. The Morgan fingerprint density at radius 2 is 1.81 bits per heavy atom. The third-order valence-electron chi connectivity index (χ3n) is 4.94. The summed E-state index contributed by atoms with van der Waals surface area (Å²) in [7, 11) is 0. The van der Waals surface area contributed by atoms with Crippen molar-refractivity contribution in [2.75, 3.05) is 18.5 Å².